The predicted octanol–water partition coefficient (Wildman–Crippen LogP) is 3.26. The summed E-state index contributed by atoms with van der Waals surface area (Å²) >= 11 is 0. The molecule has 0 radical (unpaired) electrons. The van der Waals surface area contributed by atoms with E-state index >= 15 is 0 Å². The zero-order chi connectivity index (χ0) is 13.8. The molecule has 1 heterocycles. The molecule has 1 rings (SSSR count). The fraction of sp³-hybridized carbons (Fsp3) is 0.786. The summed E-state index contributed by atoms with van der Waals surface area (Å²) in [6.07, 6.45) is 2.39. The molecule has 1 atom stereocenters. The van der Waals surface area contributed by atoms with Gasteiger partial charge in [-0.25, -0.2) is 0 Å². The van der Waals surface area contributed by atoms with Gasteiger partial charge in [0, 0.05) is 34.1 Å². The van der Waals surface area contributed by atoms with E-state index in [1.807, 2.05) is 11.8 Å². The Hall–Kier alpha value is -0.613. The van der Waals surface area contributed by atoms with Crippen LogP contribution in [0.4, 0.5) is 0 Å². The van der Waals surface area contributed by atoms with E-state index in [4.69, 9.17) is 4.74 Å². The molecular formula is C14H27NO2Si. The molecule has 1 fully saturated rings. The van der Waals surface area contributed by atoms with E-state index in [2.05, 4.69) is 26.2 Å². The highest BCUT2D eigenvalue weighted by molar-refractivity contribution is 6.76. The van der Waals surface area contributed by atoms with Crippen LogP contribution < -0.4 is 0 Å². The summed E-state index contributed by atoms with van der Waals surface area (Å²) in [4.78, 5) is 13.7. The minimum Gasteiger partial charge on any atom is -0.359 e. The lowest BCUT2D eigenvalue weighted by molar-refractivity contribution is -0.135. The number of hydrogen-bond donors (Lipinski definition) is 0. The van der Waals surface area contributed by atoms with Crippen molar-refractivity contribution in [1.82, 2.24) is 4.90 Å². The second-order valence-electron chi connectivity index (χ2n) is 6.27. The molecule has 0 aromatic rings. The molecular weight excluding hydrogens is 242 g/mol. The van der Waals surface area contributed by atoms with Gasteiger partial charge in [0.05, 0.1) is 0 Å². The Morgan fingerprint density at radius 2 is 2.17 bits per heavy atom. The van der Waals surface area contributed by atoms with Crippen molar-refractivity contribution >= 4 is 14.0 Å². The van der Waals surface area contributed by atoms with Crippen LogP contribution in [0.2, 0.25) is 25.7 Å². The minimum atomic E-state index is -1.08. The quantitative estimate of drug-likeness (QED) is 0.524. The standard InChI is InChI=1S/C14H27NO2Si/c1-6-17-14-8-7-13(16)15(14)10-9-12(2)11-18(3,4)5/h14H,2,6-11H2,1,3-5H3. The number of likely N-dealkylation sites (tertiary alicyclic amines) is 1. The Bertz CT molecular complexity index is 309. The Balaban J connectivity index is 2.41. The van der Waals surface area contributed by atoms with E-state index in [0.717, 1.165) is 25.4 Å². The van der Waals surface area contributed by atoms with Crippen molar-refractivity contribution in [3.05, 3.63) is 12.2 Å². The number of carbonyl (C=O) groups excluding carboxylic acids is 1. The number of nitrogens with zero attached hydrogens (tertiary/aromatic N) is 1. The monoisotopic (exact) mass is 269 g/mol. The van der Waals surface area contributed by atoms with E-state index in [9.17, 15) is 4.79 Å². The molecule has 1 unspecified atom stereocenters. The highest BCUT2D eigenvalue weighted by atomic mass is 28.3. The van der Waals surface area contributed by atoms with Gasteiger partial charge in [0.15, 0.2) is 0 Å². The highest BCUT2D eigenvalue weighted by Gasteiger charge is 2.30. The molecule has 18 heavy (non-hydrogen) atoms. The van der Waals surface area contributed by atoms with Crippen LogP contribution in [0.5, 0.6) is 0 Å². The molecule has 0 aliphatic carbocycles. The molecule has 1 aliphatic rings. The van der Waals surface area contributed by atoms with Crippen LogP contribution in [0.25, 0.3) is 0 Å². The van der Waals surface area contributed by atoms with Gasteiger partial charge < -0.3 is 9.64 Å². The molecule has 1 aliphatic heterocycles. The maximum absolute atomic E-state index is 11.8. The van der Waals surface area contributed by atoms with Crippen molar-refractivity contribution in [2.24, 2.45) is 0 Å². The molecule has 0 aromatic heterocycles. The van der Waals surface area contributed by atoms with Gasteiger partial charge in [-0.3, -0.25) is 4.79 Å². The van der Waals surface area contributed by atoms with E-state index in [0.29, 0.717) is 13.0 Å². The number of ether oxygens (including phenoxy) is 1. The van der Waals surface area contributed by atoms with Crippen molar-refractivity contribution in [2.45, 2.75) is 58.1 Å². The maximum Gasteiger partial charge on any atom is 0.224 e. The smallest absolute Gasteiger partial charge is 0.224 e. The number of amides is 1. The van der Waals surface area contributed by atoms with Gasteiger partial charge in [-0.1, -0.05) is 25.2 Å². The first-order valence-corrected chi connectivity index (χ1v) is 10.6. The third kappa shape index (κ3) is 4.94. The van der Waals surface area contributed by atoms with E-state index in [-0.39, 0.29) is 12.1 Å². The molecule has 4 heteroatoms. The predicted molar refractivity (Wildman–Crippen MR) is 78.3 cm³/mol. The fourth-order valence-electron chi connectivity index (χ4n) is 2.46. The van der Waals surface area contributed by atoms with Crippen molar-refractivity contribution in [3.63, 3.8) is 0 Å². The van der Waals surface area contributed by atoms with Gasteiger partial charge in [0.25, 0.3) is 0 Å². The average molecular weight is 269 g/mol. The molecule has 0 spiro atoms. The molecule has 0 saturated carbocycles. The zero-order valence-corrected chi connectivity index (χ0v) is 13.3. The topological polar surface area (TPSA) is 29.5 Å². The van der Waals surface area contributed by atoms with Crippen LogP contribution in [-0.2, 0) is 9.53 Å². The first kappa shape index (κ1) is 15.4. The molecule has 1 saturated heterocycles. The summed E-state index contributed by atoms with van der Waals surface area (Å²) in [7, 11) is -1.08. The van der Waals surface area contributed by atoms with Crippen LogP contribution >= 0.6 is 0 Å². The third-order valence-electron chi connectivity index (χ3n) is 3.12. The fourth-order valence-corrected chi connectivity index (χ4v) is 4.14. The summed E-state index contributed by atoms with van der Waals surface area (Å²) in [5, 5.41) is 0. The Morgan fingerprint density at radius 3 is 2.72 bits per heavy atom. The van der Waals surface area contributed by atoms with Crippen LogP contribution in [0.1, 0.15) is 26.2 Å². The first-order valence-electron chi connectivity index (χ1n) is 6.91. The molecule has 104 valence electrons. The summed E-state index contributed by atoms with van der Waals surface area (Å²) in [5.41, 5.74) is 1.28. The van der Waals surface area contributed by atoms with Gasteiger partial charge >= 0.3 is 0 Å². The van der Waals surface area contributed by atoms with Gasteiger partial charge in [0.1, 0.15) is 6.23 Å². The van der Waals surface area contributed by atoms with E-state index < -0.39 is 8.07 Å². The summed E-state index contributed by atoms with van der Waals surface area (Å²) in [6, 6.07) is 1.15. The Labute approximate surface area is 112 Å². The number of rotatable bonds is 7. The lowest BCUT2D eigenvalue weighted by Crippen LogP contribution is -2.36. The largest absolute Gasteiger partial charge is 0.359 e. The van der Waals surface area contributed by atoms with E-state index in [1.165, 1.54) is 5.57 Å². The average Bonchev–Trinajstić information content (AvgIpc) is 2.55. The van der Waals surface area contributed by atoms with Crippen molar-refractivity contribution in [3.8, 4) is 0 Å². The number of carbonyl (C=O) groups is 1. The van der Waals surface area contributed by atoms with Gasteiger partial charge in [-0.2, -0.15) is 0 Å². The lowest BCUT2D eigenvalue weighted by atomic mass is 10.2. The lowest BCUT2D eigenvalue weighted by Gasteiger charge is -2.25. The first-order chi connectivity index (χ1) is 8.33. The maximum atomic E-state index is 11.8. The van der Waals surface area contributed by atoms with E-state index in [1.54, 1.807) is 0 Å². The van der Waals surface area contributed by atoms with Crippen LogP contribution in [0, 0.1) is 0 Å². The van der Waals surface area contributed by atoms with Crippen molar-refractivity contribution in [1.29, 1.82) is 0 Å². The summed E-state index contributed by atoms with van der Waals surface area (Å²) in [6.45, 7) is 14.6. The SMILES string of the molecule is C=C(CCN1C(=O)CCC1OCC)C[Si](C)(C)C. The number of hydrogen-bond acceptors (Lipinski definition) is 2. The normalized spacial score (nSPS) is 20.6. The van der Waals surface area contributed by atoms with Crippen LogP contribution in [0.15, 0.2) is 12.2 Å². The third-order valence-corrected chi connectivity index (χ3v) is 4.68. The van der Waals surface area contributed by atoms with Gasteiger partial charge in [-0.15, -0.1) is 6.58 Å². The Morgan fingerprint density at radius 1 is 1.50 bits per heavy atom. The molecule has 1 amide bonds. The highest BCUT2D eigenvalue weighted by Crippen LogP contribution is 2.23. The molecule has 0 N–H and O–H groups in total. The summed E-state index contributed by atoms with van der Waals surface area (Å²) in [5.74, 6) is 0.231. The van der Waals surface area contributed by atoms with Gasteiger partial charge in [0.2, 0.25) is 5.91 Å². The molecule has 0 bridgehead atoms. The van der Waals surface area contributed by atoms with Crippen LogP contribution in [-0.4, -0.2) is 38.3 Å². The Kier molecular flexibility index (Phi) is 5.60. The minimum absolute atomic E-state index is 0.00202. The van der Waals surface area contributed by atoms with Gasteiger partial charge in [-0.05, 0) is 19.4 Å². The molecule has 3 nitrogen and oxygen atoms in total. The zero-order valence-electron chi connectivity index (χ0n) is 12.3. The summed E-state index contributed by atoms with van der Waals surface area (Å²) < 4.78 is 5.60. The van der Waals surface area contributed by atoms with Crippen molar-refractivity contribution in [2.75, 3.05) is 13.2 Å². The second kappa shape index (κ2) is 6.52. The second-order valence-corrected chi connectivity index (χ2v) is 11.7. The molecule has 0 aromatic carbocycles. The van der Waals surface area contributed by atoms with Crippen molar-refractivity contribution < 1.29 is 9.53 Å². The van der Waals surface area contributed by atoms with Crippen LogP contribution in [0.3, 0.4) is 0 Å².